The first-order valence-corrected chi connectivity index (χ1v) is 9.11. The fourth-order valence-electron chi connectivity index (χ4n) is 2.47. The van der Waals surface area contributed by atoms with Gasteiger partial charge in [0, 0.05) is 11.1 Å². The molecule has 10 heteroatoms. The molecule has 0 bridgehead atoms. The summed E-state index contributed by atoms with van der Waals surface area (Å²) in [7, 11) is 0. The van der Waals surface area contributed by atoms with Gasteiger partial charge in [-0.15, -0.1) is 20.4 Å². The Balaban J connectivity index is 1.52. The molecule has 0 radical (unpaired) electrons. The van der Waals surface area contributed by atoms with Crippen molar-refractivity contribution in [1.29, 1.82) is 0 Å². The monoisotopic (exact) mass is 400 g/mol. The molecule has 7 nitrogen and oxygen atoms in total. The van der Waals surface area contributed by atoms with Crippen molar-refractivity contribution >= 4 is 11.8 Å². The number of nitrogens with two attached hydrogens (primary N) is 1. The van der Waals surface area contributed by atoms with E-state index in [1.807, 2.05) is 6.92 Å². The van der Waals surface area contributed by atoms with Gasteiger partial charge in [-0.05, 0) is 55.5 Å². The van der Waals surface area contributed by atoms with Crippen LogP contribution in [-0.2, 0) is 0 Å². The van der Waals surface area contributed by atoms with Crippen molar-refractivity contribution in [1.82, 2.24) is 25.1 Å². The van der Waals surface area contributed by atoms with E-state index in [2.05, 4.69) is 20.4 Å². The summed E-state index contributed by atoms with van der Waals surface area (Å²) in [4.78, 5) is 0. The van der Waals surface area contributed by atoms with E-state index in [-0.39, 0.29) is 16.9 Å². The summed E-state index contributed by atoms with van der Waals surface area (Å²) in [6, 6.07) is 11.6. The van der Waals surface area contributed by atoms with Gasteiger partial charge in [-0.25, -0.2) is 13.5 Å². The Hall–Kier alpha value is -3.27. The van der Waals surface area contributed by atoms with Crippen LogP contribution in [0.2, 0.25) is 0 Å². The maximum absolute atomic E-state index is 13.1. The lowest BCUT2D eigenvalue weighted by Crippen LogP contribution is -2.12. The molecule has 0 saturated carbocycles. The van der Waals surface area contributed by atoms with Crippen LogP contribution in [0, 0.1) is 11.6 Å². The number of rotatable bonds is 5. The molecule has 142 valence electrons. The predicted molar refractivity (Wildman–Crippen MR) is 99.5 cm³/mol. The molecule has 2 aromatic carbocycles. The van der Waals surface area contributed by atoms with E-state index in [9.17, 15) is 8.78 Å². The Morgan fingerprint density at radius 2 is 1.50 bits per heavy atom. The predicted octanol–water partition coefficient (Wildman–Crippen LogP) is 3.84. The number of thioether (sulfide) groups is 1. The molecule has 0 aliphatic heterocycles. The molecular formula is C18H14F2N6OS. The summed E-state index contributed by atoms with van der Waals surface area (Å²) in [5, 5.41) is 16.4. The molecular weight excluding hydrogens is 386 g/mol. The highest BCUT2D eigenvalue weighted by Crippen LogP contribution is 2.34. The van der Waals surface area contributed by atoms with Crippen LogP contribution in [0.25, 0.3) is 22.8 Å². The zero-order chi connectivity index (χ0) is 19.7. The van der Waals surface area contributed by atoms with Crippen molar-refractivity contribution in [3.8, 4) is 22.8 Å². The largest absolute Gasteiger partial charge is 0.419 e. The topological polar surface area (TPSA) is 95.7 Å². The van der Waals surface area contributed by atoms with Gasteiger partial charge in [0.25, 0.3) is 0 Å². The fourth-order valence-corrected chi connectivity index (χ4v) is 3.27. The second-order valence-corrected chi connectivity index (χ2v) is 7.20. The van der Waals surface area contributed by atoms with E-state index in [1.165, 1.54) is 40.7 Å². The van der Waals surface area contributed by atoms with Gasteiger partial charge in [0.2, 0.25) is 16.9 Å². The van der Waals surface area contributed by atoms with Gasteiger partial charge in [0.1, 0.15) is 11.6 Å². The number of hydrogen-bond donors (Lipinski definition) is 1. The molecule has 0 aliphatic rings. The Kier molecular flexibility index (Phi) is 4.78. The summed E-state index contributed by atoms with van der Waals surface area (Å²) in [6.07, 6.45) is 0. The Morgan fingerprint density at radius 3 is 2.14 bits per heavy atom. The lowest BCUT2D eigenvalue weighted by Gasteiger charge is -2.06. The van der Waals surface area contributed by atoms with Crippen molar-refractivity contribution in [2.24, 2.45) is 0 Å². The van der Waals surface area contributed by atoms with E-state index in [1.54, 1.807) is 24.3 Å². The third-order valence-electron chi connectivity index (χ3n) is 3.93. The Labute approximate surface area is 162 Å². The van der Waals surface area contributed by atoms with Crippen LogP contribution in [0.15, 0.2) is 58.1 Å². The minimum atomic E-state index is -0.344. The highest BCUT2D eigenvalue weighted by atomic mass is 32.2. The number of nitrogen functional groups attached to an aromatic ring is 1. The van der Waals surface area contributed by atoms with Gasteiger partial charge < -0.3 is 10.3 Å². The molecule has 0 spiro atoms. The average Bonchev–Trinajstić information content (AvgIpc) is 3.31. The van der Waals surface area contributed by atoms with Gasteiger partial charge in [-0.3, -0.25) is 0 Å². The maximum atomic E-state index is 13.1. The Morgan fingerprint density at radius 1 is 0.893 bits per heavy atom. The summed E-state index contributed by atoms with van der Waals surface area (Å²) in [5.74, 6) is 6.48. The molecule has 0 amide bonds. The number of halogens is 2. The van der Waals surface area contributed by atoms with Crippen molar-refractivity contribution in [2.75, 3.05) is 5.84 Å². The number of nitrogens with zero attached hydrogens (tertiary/aromatic N) is 5. The molecule has 0 fully saturated rings. The highest BCUT2D eigenvalue weighted by Gasteiger charge is 2.21. The standard InChI is InChI=1S/C18H14F2N6OS/c1-10(16-23-24-17(27-16)12-4-8-14(20)9-5-12)28-18-25-22-15(26(18)21)11-2-6-13(19)7-3-11/h2-10H,21H2,1H3/t10-/m0/s1. The maximum Gasteiger partial charge on any atom is 0.247 e. The highest BCUT2D eigenvalue weighted by molar-refractivity contribution is 7.99. The zero-order valence-electron chi connectivity index (χ0n) is 14.6. The minimum Gasteiger partial charge on any atom is -0.419 e. The third kappa shape index (κ3) is 3.58. The van der Waals surface area contributed by atoms with E-state index in [0.717, 1.165) is 0 Å². The van der Waals surface area contributed by atoms with Gasteiger partial charge in [-0.2, -0.15) is 0 Å². The first-order valence-electron chi connectivity index (χ1n) is 8.23. The minimum absolute atomic E-state index is 0.255. The lowest BCUT2D eigenvalue weighted by molar-refractivity contribution is 0.508. The lowest BCUT2D eigenvalue weighted by atomic mass is 10.2. The average molecular weight is 400 g/mol. The van der Waals surface area contributed by atoms with Crippen LogP contribution in [0.1, 0.15) is 18.1 Å². The third-order valence-corrected chi connectivity index (χ3v) is 4.97. The van der Waals surface area contributed by atoms with Gasteiger partial charge in [0.05, 0.1) is 5.25 Å². The van der Waals surface area contributed by atoms with E-state index in [4.69, 9.17) is 10.3 Å². The number of aromatic nitrogens is 5. The van der Waals surface area contributed by atoms with Crippen molar-refractivity contribution in [2.45, 2.75) is 17.3 Å². The van der Waals surface area contributed by atoms with Crippen LogP contribution in [0.5, 0.6) is 0 Å². The quantitative estimate of drug-likeness (QED) is 0.402. The zero-order valence-corrected chi connectivity index (χ0v) is 15.4. The fraction of sp³-hybridized carbons (Fsp3) is 0.111. The SMILES string of the molecule is C[C@H](Sc1nnc(-c2ccc(F)cc2)n1N)c1nnc(-c2ccc(F)cc2)o1. The van der Waals surface area contributed by atoms with Crippen molar-refractivity contribution < 1.29 is 13.2 Å². The summed E-state index contributed by atoms with van der Waals surface area (Å²) < 4.78 is 33.1. The van der Waals surface area contributed by atoms with Gasteiger partial charge >= 0.3 is 0 Å². The van der Waals surface area contributed by atoms with E-state index in [0.29, 0.717) is 33.9 Å². The molecule has 2 N–H and O–H groups in total. The van der Waals surface area contributed by atoms with E-state index >= 15 is 0 Å². The molecule has 0 aliphatic carbocycles. The van der Waals surface area contributed by atoms with E-state index < -0.39 is 0 Å². The molecule has 4 aromatic rings. The van der Waals surface area contributed by atoms with Crippen LogP contribution in [0.4, 0.5) is 8.78 Å². The second kappa shape index (κ2) is 7.39. The molecule has 2 aromatic heterocycles. The number of hydrogen-bond acceptors (Lipinski definition) is 7. The number of benzene rings is 2. The van der Waals surface area contributed by atoms with Gasteiger partial charge in [-0.1, -0.05) is 11.8 Å². The van der Waals surface area contributed by atoms with Crippen LogP contribution in [-0.4, -0.2) is 25.1 Å². The molecule has 1 atom stereocenters. The molecule has 0 saturated heterocycles. The second-order valence-electron chi connectivity index (χ2n) is 5.90. The van der Waals surface area contributed by atoms with Crippen LogP contribution < -0.4 is 5.84 Å². The molecule has 28 heavy (non-hydrogen) atoms. The Bertz CT molecular complexity index is 1090. The normalized spacial score (nSPS) is 12.2. The van der Waals surface area contributed by atoms with Crippen LogP contribution >= 0.6 is 11.8 Å². The molecule has 0 unspecified atom stereocenters. The van der Waals surface area contributed by atoms with Gasteiger partial charge in [0.15, 0.2) is 5.82 Å². The van der Waals surface area contributed by atoms with Crippen molar-refractivity contribution in [3.63, 3.8) is 0 Å². The van der Waals surface area contributed by atoms with Crippen LogP contribution in [0.3, 0.4) is 0 Å². The van der Waals surface area contributed by atoms with Crippen molar-refractivity contribution in [3.05, 3.63) is 66.1 Å². The molecule has 2 heterocycles. The summed E-state index contributed by atoms with van der Waals surface area (Å²) >= 11 is 1.29. The summed E-state index contributed by atoms with van der Waals surface area (Å²) in [6.45, 7) is 1.86. The smallest absolute Gasteiger partial charge is 0.247 e. The summed E-state index contributed by atoms with van der Waals surface area (Å²) in [5.41, 5.74) is 1.27. The molecule has 4 rings (SSSR count). The first-order chi connectivity index (χ1) is 13.5. The first kappa shape index (κ1) is 18.1.